The molecule has 0 aromatic heterocycles. The van der Waals surface area contributed by atoms with Crippen LogP contribution in [0.3, 0.4) is 0 Å². The van der Waals surface area contributed by atoms with Gasteiger partial charge in [-0.15, -0.1) is 0 Å². The van der Waals surface area contributed by atoms with E-state index in [1.54, 1.807) is 0 Å². The maximum absolute atomic E-state index is 9.50. The largest absolute Gasteiger partial charge is 0.494 e. The molecule has 3 nitrogen and oxygen atoms in total. The summed E-state index contributed by atoms with van der Waals surface area (Å²) in [6.07, 6.45) is 1.76. The van der Waals surface area contributed by atoms with Crippen molar-refractivity contribution in [1.29, 1.82) is 0 Å². The fraction of sp³-hybridized carbons (Fsp3) is 0.400. The smallest absolute Gasteiger partial charge is 0.119 e. The number of hydrogen-bond donors (Lipinski definition) is 1. The van der Waals surface area contributed by atoms with Crippen molar-refractivity contribution in [3.8, 4) is 16.9 Å². The molecule has 122 valence electrons. The number of nitrogens with zero attached hydrogens (tertiary/aromatic N) is 1. The van der Waals surface area contributed by atoms with E-state index in [0.717, 1.165) is 44.8 Å². The number of likely N-dealkylation sites (tertiary alicyclic amines) is 1. The molecule has 1 fully saturated rings. The molecular formula is C20H25NO2. The summed E-state index contributed by atoms with van der Waals surface area (Å²) in [5.74, 6) is 0.919. The maximum Gasteiger partial charge on any atom is 0.119 e. The molecule has 2 aromatic rings. The molecule has 1 unspecified atom stereocenters. The van der Waals surface area contributed by atoms with Gasteiger partial charge in [-0.1, -0.05) is 42.0 Å². The van der Waals surface area contributed by atoms with Crippen LogP contribution in [-0.4, -0.2) is 42.4 Å². The molecule has 0 saturated carbocycles. The zero-order valence-corrected chi connectivity index (χ0v) is 13.7. The number of hydrogen-bond acceptors (Lipinski definition) is 3. The minimum atomic E-state index is -0.134. The Bertz CT molecular complexity index is 624. The Kier molecular flexibility index (Phi) is 5.31. The summed E-state index contributed by atoms with van der Waals surface area (Å²) in [7, 11) is 0. The van der Waals surface area contributed by atoms with Crippen LogP contribution in [-0.2, 0) is 0 Å². The van der Waals surface area contributed by atoms with E-state index >= 15 is 0 Å². The van der Waals surface area contributed by atoms with Gasteiger partial charge in [0.25, 0.3) is 0 Å². The van der Waals surface area contributed by atoms with Gasteiger partial charge in [-0.3, -0.25) is 0 Å². The van der Waals surface area contributed by atoms with Crippen LogP contribution in [0.4, 0.5) is 0 Å². The van der Waals surface area contributed by atoms with Gasteiger partial charge in [-0.2, -0.15) is 0 Å². The molecule has 0 amide bonds. The van der Waals surface area contributed by atoms with Crippen LogP contribution >= 0.6 is 0 Å². The van der Waals surface area contributed by atoms with E-state index in [1.165, 1.54) is 16.7 Å². The Hall–Kier alpha value is -1.84. The summed E-state index contributed by atoms with van der Waals surface area (Å²) < 4.78 is 5.82. The summed E-state index contributed by atoms with van der Waals surface area (Å²) in [6, 6.07) is 16.8. The number of β-amino-alcohol motifs (C(OH)–C–C–N with tert-alkyl or cyclic N) is 1. The van der Waals surface area contributed by atoms with Gasteiger partial charge >= 0.3 is 0 Å². The Morgan fingerprint density at radius 1 is 1.13 bits per heavy atom. The van der Waals surface area contributed by atoms with Crippen LogP contribution in [0, 0.1) is 6.92 Å². The molecule has 0 spiro atoms. The zero-order valence-electron chi connectivity index (χ0n) is 13.7. The molecule has 0 aliphatic carbocycles. The van der Waals surface area contributed by atoms with Gasteiger partial charge in [-0.25, -0.2) is 0 Å². The number of aryl methyl sites for hydroxylation is 1. The quantitative estimate of drug-likeness (QED) is 0.829. The predicted octanol–water partition coefficient (Wildman–Crippen LogP) is 3.50. The zero-order chi connectivity index (χ0) is 16.1. The van der Waals surface area contributed by atoms with Crippen LogP contribution in [0.15, 0.2) is 48.5 Å². The van der Waals surface area contributed by atoms with Crippen molar-refractivity contribution in [2.24, 2.45) is 0 Å². The predicted molar refractivity (Wildman–Crippen MR) is 93.8 cm³/mol. The second kappa shape index (κ2) is 7.62. The Morgan fingerprint density at radius 3 is 2.65 bits per heavy atom. The Balaban J connectivity index is 1.46. The second-order valence-electron chi connectivity index (χ2n) is 6.34. The highest BCUT2D eigenvalue weighted by Gasteiger charge is 2.19. The lowest BCUT2D eigenvalue weighted by molar-refractivity contribution is 0.173. The first-order chi connectivity index (χ1) is 11.2. The molecule has 1 N–H and O–H groups in total. The van der Waals surface area contributed by atoms with Crippen molar-refractivity contribution < 1.29 is 9.84 Å². The lowest BCUT2D eigenvalue weighted by atomic mass is 10.0. The first-order valence-corrected chi connectivity index (χ1v) is 8.41. The molecular weight excluding hydrogens is 286 g/mol. The molecule has 1 saturated heterocycles. The van der Waals surface area contributed by atoms with Crippen LogP contribution in [0.5, 0.6) is 5.75 Å². The van der Waals surface area contributed by atoms with Gasteiger partial charge in [0.2, 0.25) is 0 Å². The van der Waals surface area contributed by atoms with Crippen molar-refractivity contribution in [3.63, 3.8) is 0 Å². The summed E-state index contributed by atoms with van der Waals surface area (Å²) in [4.78, 5) is 2.30. The van der Waals surface area contributed by atoms with Gasteiger partial charge in [-0.05, 0) is 43.0 Å². The molecule has 1 aliphatic heterocycles. The number of aliphatic hydroxyl groups is 1. The minimum Gasteiger partial charge on any atom is -0.494 e. The highest BCUT2D eigenvalue weighted by molar-refractivity contribution is 5.64. The van der Waals surface area contributed by atoms with Gasteiger partial charge in [0.15, 0.2) is 0 Å². The van der Waals surface area contributed by atoms with Crippen molar-refractivity contribution in [2.75, 3.05) is 26.2 Å². The third kappa shape index (κ3) is 4.57. The van der Waals surface area contributed by atoms with Crippen LogP contribution in [0.2, 0.25) is 0 Å². The fourth-order valence-electron chi connectivity index (χ4n) is 3.06. The van der Waals surface area contributed by atoms with Crippen molar-refractivity contribution in [3.05, 3.63) is 54.1 Å². The molecule has 1 aliphatic rings. The highest BCUT2D eigenvalue weighted by atomic mass is 16.5. The van der Waals surface area contributed by atoms with E-state index in [4.69, 9.17) is 4.74 Å². The van der Waals surface area contributed by atoms with Gasteiger partial charge < -0.3 is 14.7 Å². The Labute approximate surface area is 138 Å². The minimum absolute atomic E-state index is 0.134. The fourth-order valence-corrected chi connectivity index (χ4v) is 3.06. The van der Waals surface area contributed by atoms with E-state index in [1.807, 2.05) is 12.1 Å². The van der Waals surface area contributed by atoms with Crippen LogP contribution in [0.1, 0.15) is 18.4 Å². The maximum atomic E-state index is 9.50. The van der Waals surface area contributed by atoms with E-state index in [2.05, 4.69) is 48.2 Å². The average Bonchev–Trinajstić information content (AvgIpc) is 2.98. The first-order valence-electron chi connectivity index (χ1n) is 8.41. The van der Waals surface area contributed by atoms with Gasteiger partial charge in [0.05, 0.1) is 12.7 Å². The lowest BCUT2D eigenvalue weighted by Crippen LogP contribution is -2.24. The molecule has 0 bridgehead atoms. The van der Waals surface area contributed by atoms with E-state index in [9.17, 15) is 5.11 Å². The molecule has 23 heavy (non-hydrogen) atoms. The molecule has 3 heteroatoms. The van der Waals surface area contributed by atoms with E-state index in [-0.39, 0.29) is 6.10 Å². The molecule has 2 aromatic carbocycles. The molecule has 0 radical (unpaired) electrons. The standard InChI is InChI=1S/C20H25NO2/c1-16-4-2-5-18(14-16)17-6-8-20(9-7-17)23-13-3-11-21-12-10-19(22)15-21/h2,4-9,14,19,22H,3,10-13,15H2,1H3. The molecule has 1 heterocycles. The lowest BCUT2D eigenvalue weighted by Gasteiger charge is -2.14. The summed E-state index contributed by atoms with van der Waals surface area (Å²) in [5.41, 5.74) is 3.73. The van der Waals surface area contributed by atoms with E-state index in [0.29, 0.717) is 0 Å². The average molecular weight is 311 g/mol. The van der Waals surface area contributed by atoms with Crippen molar-refractivity contribution in [2.45, 2.75) is 25.9 Å². The van der Waals surface area contributed by atoms with Crippen LogP contribution in [0.25, 0.3) is 11.1 Å². The summed E-state index contributed by atoms with van der Waals surface area (Å²) in [6.45, 7) is 5.65. The monoisotopic (exact) mass is 311 g/mol. The molecule has 3 rings (SSSR count). The number of aliphatic hydroxyl groups excluding tert-OH is 1. The summed E-state index contributed by atoms with van der Waals surface area (Å²) >= 11 is 0. The number of ether oxygens (including phenoxy) is 1. The number of rotatable bonds is 6. The number of benzene rings is 2. The second-order valence-corrected chi connectivity index (χ2v) is 6.34. The van der Waals surface area contributed by atoms with Gasteiger partial charge in [0, 0.05) is 19.6 Å². The highest BCUT2D eigenvalue weighted by Crippen LogP contribution is 2.23. The normalized spacial score (nSPS) is 18.3. The third-order valence-electron chi connectivity index (χ3n) is 4.34. The summed E-state index contributed by atoms with van der Waals surface area (Å²) in [5, 5.41) is 9.50. The molecule has 1 atom stereocenters. The third-order valence-corrected chi connectivity index (χ3v) is 4.34. The van der Waals surface area contributed by atoms with Crippen molar-refractivity contribution in [1.82, 2.24) is 4.90 Å². The van der Waals surface area contributed by atoms with Gasteiger partial charge in [0.1, 0.15) is 5.75 Å². The van der Waals surface area contributed by atoms with Crippen molar-refractivity contribution >= 4 is 0 Å². The topological polar surface area (TPSA) is 32.7 Å². The SMILES string of the molecule is Cc1cccc(-c2ccc(OCCCN3CCC(O)C3)cc2)c1. The Morgan fingerprint density at radius 2 is 1.96 bits per heavy atom. The van der Waals surface area contributed by atoms with Crippen LogP contribution < -0.4 is 4.74 Å². The van der Waals surface area contributed by atoms with E-state index < -0.39 is 0 Å². The first kappa shape index (κ1) is 16.0.